The maximum Gasteiger partial charge on any atom is 1.00 e. The minimum Gasteiger partial charge on any atom is -1.00 e. The zero-order valence-electron chi connectivity index (χ0n) is 8.16. The summed E-state index contributed by atoms with van der Waals surface area (Å²) in [5.74, 6) is 0. The van der Waals surface area contributed by atoms with Gasteiger partial charge in [0.2, 0.25) is 5.08 Å². The summed E-state index contributed by atoms with van der Waals surface area (Å²) in [5, 5.41) is -1.89. The normalized spacial score (nSPS) is 11.9. The quantitative estimate of drug-likeness (QED) is 0.382. The predicted octanol–water partition coefficient (Wildman–Crippen LogP) is -3.92. The Morgan fingerprint density at radius 3 is 1.87 bits per heavy atom. The topological polar surface area (TPSA) is 116 Å². The van der Waals surface area contributed by atoms with E-state index in [0.717, 1.165) is 0 Å². The van der Waals surface area contributed by atoms with E-state index in [2.05, 4.69) is 13.8 Å². The van der Waals surface area contributed by atoms with E-state index in [4.69, 9.17) is 4.55 Å². The molecule has 0 saturated heterocycles. The molecular weight excluding hydrogens is 260 g/mol. The molecule has 0 bridgehead atoms. The Hall–Kier alpha value is 0.262. The van der Waals surface area contributed by atoms with Crippen molar-refractivity contribution in [3.8, 4) is 0 Å². The summed E-state index contributed by atoms with van der Waals surface area (Å²) >= 11 is 0. The van der Waals surface area contributed by atoms with Gasteiger partial charge in [-0.15, -0.1) is 0 Å². The summed E-state index contributed by atoms with van der Waals surface area (Å²) in [6.45, 7) is 0. The van der Waals surface area contributed by atoms with Gasteiger partial charge in [-0.05, 0) is 0 Å². The van der Waals surface area contributed by atoms with Gasteiger partial charge < -0.3 is 1.43 Å². The second kappa shape index (κ2) is 6.76. The first-order chi connectivity index (χ1) is 6.20. The Morgan fingerprint density at radius 1 is 1.20 bits per heavy atom. The molecule has 0 atom stereocenters. The number of rotatable bonds is 6. The average molecular weight is 264 g/mol. The Kier molecular flexibility index (Phi) is 7.96. The third kappa shape index (κ3) is 9.21. The van der Waals surface area contributed by atoms with Gasteiger partial charge in [-0.2, -0.15) is 26.6 Å². The predicted molar refractivity (Wildman–Crippen MR) is 37.7 cm³/mol. The van der Waals surface area contributed by atoms with Crippen LogP contribution in [0.5, 0.6) is 0 Å². The molecule has 0 rings (SSSR count). The molecular formula is CH4BF2LiO8S2. The summed E-state index contributed by atoms with van der Waals surface area (Å²) in [5.41, 5.74) is 0. The van der Waals surface area contributed by atoms with Crippen molar-refractivity contribution >= 4 is 27.6 Å². The molecule has 0 spiro atoms. The van der Waals surface area contributed by atoms with E-state index < -0.39 is 32.6 Å². The molecule has 0 amide bonds. The summed E-state index contributed by atoms with van der Waals surface area (Å²) in [4.78, 5) is 4.95. The Balaban J connectivity index is -0.000000845. The molecule has 1 N–H and O–H groups in total. The Morgan fingerprint density at radius 2 is 1.60 bits per heavy atom. The van der Waals surface area contributed by atoms with Crippen molar-refractivity contribution in [2.75, 3.05) is 5.08 Å². The fraction of sp³-hybridized carbons (Fsp3) is 1.00. The molecule has 0 aliphatic rings. The monoisotopic (exact) mass is 264 g/mol. The third-order valence-corrected chi connectivity index (χ3v) is 3.46. The van der Waals surface area contributed by atoms with Crippen LogP contribution in [-0.2, 0) is 34.1 Å². The molecule has 0 radical (unpaired) electrons. The molecule has 0 aromatic heterocycles. The van der Waals surface area contributed by atoms with Gasteiger partial charge in [-0.1, -0.05) is 9.05 Å². The molecule has 8 nitrogen and oxygen atoms in total. The van der Waals surface area contributed by atoms with Crippen LogP contribution in [0.4, 0.5) is 9.05 Å². The van der Waals surface area contributed by atoms with Crippen LogP contribution in [0.1, 0.15) is 1.43 Å². The van der Waals surface area contributed by atoms with Crippen LogP contribution in [0.3, 0.4) is 0 Å². The number of halogens is 2. The van der Waals surface area contributed by atoms with Crippen molar-refractivity contribution in [1.82, 2.24) is 0 Å². The first-order valence-corrected chi connectivity index (χ1v) is 5.80. The van der Waals surface area contributed by atoms with E-state index in [9.17, 15) is 25.9 Å². The number of hydrogen-bond acceptors (Lipinski definition) is 7. The van der Waals surface area contributed by atoms with Gasteiger partial charge in [0.1, 0.15) is 0 Å². The smallest absolute Gasteiger partial charge is 1.00 e. The Bertz CT molecular complexity index is 365. The number of hydrogen-bond donors (Lipinski definition) is 1. The van der Waals surface area contributed by atoms with Crippen LogP contribution in [0, 0.1) is 0 Å². The maximum absolute atomic E-state index is 11.2. The van der Waals surface area contributed by atoms with E-state index in [0.29, 0.717) is 0 Å². The van der Waals surface area contributed by atoms with Gasteiger partial charge in [0.05, 0.1) is 0 Å². The molecule has 0 aromatic rings. The van der Waals surface area contributed by atoms with Gasteiger partial charge in [0, 0.05) is 0 Å². The van der Waals surface area contributed by atoms with Crippen molar-refractivity contribution in [2.24, 2.45) is 0 Å². The van der Waals surface area contributed by atoms with E-state index in [-0.39, 0.29) is 20.3 Å². The summed E-state index contributed by atoms with van der Waals surface area (Å²) in [6.07, 6.45) is 0. The zero-order valence-corrected chi connectivity index (χ0v) is 8.79. The van der Waals surface area contributed by atoms with Crippen LogP contribution < -0.4 is 18.9 Å². The van der Waals surface area contributed by atoms with Gasteiger partial charge in [-0.25, -0.2) is 0 Å². The fourth-order valence-corrected chi connectivity index (χ4v) is 2.35. The molecule has 0 aliphatic carbocycles. The van der Waals surface area contributed by atoms with Gasteiger partial charge in [0.15, 0.2) is 0 Å². The van der Waals surface area contributed by atoms with Crippen molar-refractivity contribution < 1.29 is 64.5 Å². The SMILES string of the molecule is O=S(=O)(O)CS(=O)(=O)OB(OF)OF.[H-].[Li+]. The van der Waals surface area contributed by atoms with Crippen molar-refractivity contribution in [3.63, 3.8) is 0 Å². The molecule has 0 saturated carbocycles. The summed E-state index contributed by atoms with van der Waals surface area (Å²) in [6, 6.07) is 0. The minimum absolute atomic E-state index is 0. The average Bonchev–Trinajstić information content (AvgIpc) is 1.95. The molecule has 86 valence electrons. The molecule has 0 fully saturated rings. The first kappa shape index (κ1) is 17.7. The van der Waals surface area contributed by atoms with E-state index >= 15 is 0 Å². The molecule has 0 aromatic carbocycles. The molecule has 15 heavy (non-hydrogen) atoms. The van der Waals surface area contributed by atoms with Crippen molar-refractivity contribution in [3.05, 3.63) is 0 Å². The van der Waals surface area contributed by atoms with E-state index in [1.54, 1.807) is 0 Å². The van der Waals surface area contributed by atoms with Crippen molar-refractivity contribution in [2.45, 2.75) is 0 Å². The van der Waals surface area contributed by atoms with Gasteiger partial charge >= 0.3 is 26.2 Å². The second-order valence-electron chi connectivity index (χ2n) is 1.82. The maximum atomic E-state index is 11.2. The van der Waals surface area contributed by atoms with Crippen LogP contribution >= 0.6 is 0 Å². The molecule has 0 heterocycles. The summed E-state index contributed by atoms with van der Waals surface area (Å²) < 4.78 is 74.8. The van der Waals surface area contributed by atoms with Crippen LogP contribution in [0.2, 0.25) is 0 Å². The van der Waals surface area contributed by atoms with Gasteiger partial charge in [0.25, 0.3) is 20.2 Å². The fourth-order valence-electron chi connectivity index (χ4n) is 0.373. The summed E-state index contributed by atoms with van der Waals surface area (Å²) in [7, 11) is -12.7. The molecule has 14 heteroatoms. The van der Waals surface area contributed by atoms with E-state index in [1.807, 2.05) is 0 Å². The molecule has 0 aliphatic heterocycles. The third-order valence-electron chi connectivity index (χ3n) is 0.664. The van der Waals surface area contributed by atoms with Gasteiger partial charge in [-0.3, -0.25) is 8.65 Å². The largest absolute Gasteiger partial charge is 1.00 e. The standard InChI is InChI=1S/CH3BF2O8S2.Li.H/c3-10-2(11-4)12-14(8,9)1-13(5,6)7;;/h1H2,(H,5,6,7);;/q;+1;-1. The minimum atomic E-state index is -4.93. The van der Waals surface area contributed by atoms with E-state index in [1.165, 1.54) is 0 Å². The Labute approximate surface area is 97.4 Å². The van der Waals surface area contributed by atoms with Crippen LogP contribution in [-0.4, -0.2) is 33.8 Å². The zero-order chi connectivity index (χ0) is 11.4. The van der Waals surface area contributed by atoms with Crippen LogP contribution in [0.25, 0.3) is 0 Å². The first-order valence-electron chi connectivity index (χ1n) is 2.61. The second-order valence-corrected chi connectivity index (χ2v) is 5.23. The van der Waals surface area contributed by atoms with Crippen molar-refractivity contribution in [1.29, 1.82) is 0 Å². The van der Waals surface area contributed by atoms with Crippen LogP contribution in [0.15, 0.2) is 0 Å². The molecule has 0 unspecified atom stereocenters.